The summed E-state index contributed by atoms with van der Waals surface area (Å²) in [5, 5.41) is 0. The normalized spacial score (nSPS) is 24.9. The Morgan fingerprint density at radius 2 is 1.88 bits per heavy atom. The van der Waals surface area contributed by atoms with E-state index in [0.29, 0.717) is 18.4 Å². The van der Waals surface area contributed by atoms with Crippen LogP contribution in [0.3, 0.4) is 0 Å². The minimum atomic E-state index is -3.78. The lowest BCUT2D eigenvalue weighted by Gasteiger charge is -2.36. The van der Waals surface area contributed by atoms with Crippen molar-refractivity contribution in [2.45, 2.75) is 78.7 Å². The van der Waals surface area contributed by atoms with E-state index in [2.05, 4.69) is 38.5 Å². The molecule has 2 bridgehead atoms. The van der Waals surface area contributed by atoms with Gasteiger partial charge in [0.1, 0.15) is 5.78 Å². The van der Waals surface area contributed by atoms with E-state index in [9.17, 15) is 18.0 Å². The lowest BCUT2D eigenvalue weighted by Crippen LogP contribution is -2.46. The van der Waals surface area contributed by atoms with Crippen molar-refractivity contribution >= 4 is 21.8 Å². The number of benzene rings is 1. The number of fused-ring (bicyclic) bond motifs is 2. The number of esters is 1. The third-order valence-corrected chi connectivity index (χ3v) is 9.61. The second kappa shape index (κ2) is 10.3. The quantitative estimate of drug-likeness (QED) is 0.334. The Hall–Kier alpha value is -1.99. The number of nitrogens with one attached hydrogen (secondary N) is 1. The molecule has 0 heterocycles. The molecule has 188 valence electrons. The second-order valence-corrected chi connectivity index (χ2v) is 12.2. The summed E-state index contributed by atoms with van der Waals surface area (Å²) < 4.78 is 35.0. The van der Waals surface area contributed by atoms with E-state index in [1.807, 2.05) is 0 Å². The van der Waals surface area contributed by atoms with Gasteiger partial charge < -0.3 is 4.74 Å². The Bertz CT molecular complexity index is 1040. The van der Waals surface area contributed by atoms with Gasteiger partial charge in [-0.2, -0.15) is 0 Å². The second-order valence-electron chi connectivity index (χ2n) is 10.4. The van der Waals surface area contributed by atoms with Gasteiger partial charge in [-0.05, 0) is 54.7 Å². The van der Waals surface area contributed by atoms with Crippen LogP contribution in [0, 0.1) is 16.7 Å². The summed E-state index contributed by atoms with van der Waals surface area (Å²) in [5.74, 6) is -0.257. The zero-order valence-corrected chi connectivity index (χ0v) is 22.0. The molecule has 1 aromatic rings. The van der Waals surface area contributed by atoms with Gasteiger partial charge in [0.15, 0.2) is 0 Å². The zero-order valence-electron chi connectivity index (χ0n) is 21.1. The maximum atomic E-state index is 13.6. The van der Waals surface area contributed by atoms with Gasteiger partial charge >= 0.3 is 5.97 Å². The molecule has 7 heteroatoms. The first-order chi connectivity index (χ1) is 16.0. The zero-order chi connectivity index (χ0) is 25.1. The molecule has 2 fully saturated rings. The van der Waals surface area contributed by atoms with Crippen molar-refractivity contribution in [1.82, 2.24) is 4.72 Å². The largest absolute Gasteiger partial charge is 0.465 e. The number of methoxy groups -OCH3 is 1. The number of Topliss-reactive ketones (excluding diaryl/α,β-unsaturated/α-hetero) is 1. The third-order valence-electron chi connectivity index (χ3n) is 8.14. The molecule has 34 heavy (non-hydrogen) atoms. The summed E-state index contributed by atoms with van der Waals surface area (Å²) in [7, 11) is -2.45. The number of unbranched alkanes of at least 4 members (excludes halogenated alkanes) is 1. The summed E-state index contributed by atoms with van der Waals surface area (Å²) in [6.45, 7) is 8.27. The maximum absolute atomic E-state index is 13.6. The van der Waals surface area contributed by atoms with Gasteiger partial charge in [0.2, 0.25) is 10.0 Å². The van der Waals surface area contributed by atoms with Crippen LogP contribution in [0.15, 0.2) is 35.9 Å². The fraction of sp³-hybridized carbons (Fsp3) is 0.630. The predicted octanol–water partition coefficient (Wildman–Crippen LogP) is 5.36. The van der Waals surface area contributed by atoms with E-state index in [0.717, 1.165) is 43.2 Å². The molecule has 3 atom stereocenters. The highest BCUT2D eigenvalue weighted by atomic mass is 32.2. The van der Waals surface area contributed by atoms with Gasteiger partial charge in [0.25, 0.3) is 0 Å². The molecule has 0 aliphatic heterocycles. The monoisotopic (exact) mass is 489 g/mol. The lowest BCUT2D eigenvalue weighted by atomic mass is 9.70. The molecule has 0 spiro atoms. The summed E-state index contributed by atoms with van der Waals surface area (Å²) in [6.07, 6.45) is 7.60. The first kappa shape index (κ1) is 26.6. The third kappa shape index (κ3) is 5.01. The van der Waals surface area contributed by atoms with Crippen LogP contribution >= 0.6 is 0 Å². The predicted molar refractivity (Wildman–Crippen MR) is 134 cm³/mol. The highest BCUT2D eigenvalue weighted by Crippen LogP contribution is 2.64. The van der Waals surface area contributed by atoms with Crippen LogP contribution in [0.1, 0.15) is 94.6 Å². The van der Waals surface area contributed by atoms with Crippen molar-refractivity contribution in [3.05, 3.63) is 47.0 Å². The molecular weight excluding hydrogens is 450 g/mol. The van der Waals surface area contributed by atoms with Crippen LogP contribution in [0.4, 0.5) is 0 Å². The average molecular weight is 490 g/mol. The molecule has 2 aliphatic carbocycles. The van der Waals surface area contributed by atoms with Crippen molar-refractivity contribution in [1.29, 1.82) is 0 Å². The Balaban J connectivity index is 1.96. The smallest absolute Gasteiger partial charge is 0.337 e. The van der Waals surface area contributed by atoms with Crippen LogP contribution in [-0.4, -0.2) is 33.0 Å². The molecule has 2 unspecified atom stereocenters. The first-order valence-electron chi connectivity index (χ1n) is 12.4. The molecule has 1 N–H and O–H groups in total. The van der Waals surface area contributed by atoms with Crippen molar-refractivity contribution < 1.29 is 22.7 Å². The number of hydrogen-bond donors (Lipinski definition) is 1. The van der Waals surface area contributed by atoms with Crippen molar-refractivity contribution in [2.24, 2.45) is 16.7 Å². The molecule has 2 saturated carbocycles. The number of ketones is 1. The van der Waals surface area contributed by atoms with E-state index < -0.39 is 27.4 Å². The van der Waals surface area contributed by atoms with E-state index in [-0.39, 0.29) is 22.9 Å². The topological polar surface area (TPSA) is 89.5 Å². The number of hydrogen-bond acceptors (Lipinski definition) is 5. The summed E-state index contributed by atoms with van der Waals surface area (Å²) in [6, 6.07) is 6.34. The SMILES string of the molecule is CCCC=C(CCC)[C@@H](NS(=O)(=O)CC12CCC(CC1=O)C2(C)C)c1ccc(C(=O)OC)cc1. The van der Waals surface area contributed by atoms with Crippen LogP contribution in [0.25, 0.3) is 0 Å². The van der Waals surface area contributed by atoms with Crippen molar-refractivity contribution in [3.63, 3.8) is 0 Å². The number of sulfonamides is 1. The Morgan fingerprint density at radius 1 is 1.21 bits per heavy atom. The van der Waals surface area contributed by atoms with E-state index in [1.54, 1.807) is 24.3 Å². The van der Waals surface area contributed by atoms with E-state index >= 15 is 0 Å². The van der Waals surface area contributed by atoms with Crippen LogP contribution in [0.5, 0.6) is 0 Å². The Morgan fingerprint density at radius 3 is 2.38 bits per heavy atom. The lowest BCUT2D eigenvalue weighted by molar-refractivity contribution is -0.128. The highest BCUT2D eigenvalue weighted by Gasteiger charge is 2.65. The molecule has 1 aromatic carbocycles. The molecule has 3 rings (SSSR count). The van der Waals surface area contributed by atoms with Gasteiger partial charge in [-0.3, -0.25) is 4.79 Å². The van der Waals surface area contributed by atoms with E-state index in [4.69, 9.17) is 4.74 Å². The van der Waals surface area contributed by atoms with Gasteiger partial charge in [0.05, 0.1) is 24.5 Å². The van der Waals surface area contributed by atoms with Crippen LogP contribution < -0.4 is 4.72 Å². The minimum Gasteiger partial charge on any atom is -0.465 e. The maximum Gasteiger partial charge on any atom is 0.337 e. The van der Waals surface area contributed by atoms with Crippen LogP contribution in [-0.2, 0) is 19.6 Å². The molecule has 0 amide bonds. The molecular formula is C27H39NO5S. The number of rotatable bonds is 11. The number of carbonyl (C=O) groups excluding carboxylic acids is 2. The average Bonchev–Trinajstić information content (AvgIpc) is 3.14. The Labute approximate surface area is 204 Å². The molecule has 0 aromatic heterocycles. The van der Waals surface area contributed by atoms with Crippen molar-refractivity contribution in [3.8, 4) is 0 Å². The molecule has 2 aliphatic rings. The molecule has 6 nitrogen and oxygen atoms in total. The Kier molecular flexibility index (Phi) is 8.08. The number of ether oxygens (including phenoxy) is 1. The van der Waals surface area contributed by atoms with Crippen molar-refractivity contribution in [2.75, 3.05) is 12.9 Å². The van der Waals surface area contributed by atoms with Gasteiger partial charge in [-0.1, -0.05) is 64.3 Å². The van der Waals surface area contributed by atoms with Gasteiger partial charge in [-0.15, -0.1) is 0 Å². The summed E-state index contributed by atoms with van der Waals surface area (Å²) >= 11 is 0. The summed E-state index contributed by atoms with van der Waals surface area (Å²) in [5.41, 5.74) is 1.06. The highest BCUT2D eigenvalue weighted by molar-refractivity contribution is 7.89. The number of allylic oxidation sites excluding steroid dienone is 1. The van der Waals surface area contributed by atoms with E-state index in [1.165, 1.54) is 7.11 Å². The minimum absolute atomic E-state index is 0.0911. The molecule has 0 radical (unpaired) electrons. The first-order valence-corrected chi connectivity index (χ1v) is 14.1. The summed E-state index contributed by atoms with van der Waals surface area (Å²) in [4.78, 5) is 24.8. The van der Waals surface area contributed by atoms with Crippen LogP contribution in [0.2, 0.25) is 0 Å². The van der Waals surface area contributed by atoms with Gasteiger partial charge in [0, 0.05) is 11.8 Å². The standard InChI is InChI=1S/C27H39NO5S/c1-6-8-10-19(9-7-2)24(20-11-13-21(14-12-20)25(30)33-5)28-34(31,32)18-27-16-15-22(17-23(27)29)26(27,3)4/h10-14,22,24,28H,6-9,15-18H2,1-5H3/t22?,24-,27?/m1/s1. The molecule has 0 saturated heterocycles. The fourth-order valence-electron chi connectivity index (χ4n) is 5.92. The van der Waals surface area contributed by atoms with Gasteiger partial charge in [-0.25, -0.2) is 17.9 Å². The fourth-order valence-corrected chi connectivity index (χ4v) is 7.98. The number of carbonyl (C=O) groups is 2.